The molecule has 0 aromatic rings. The summed E-state index contributed by atoms with van der Waals surface area (Å²) in [5.74, 6) is -0.315. The average Bonchev–Trinajstić information content (AvgIpc) is 2.06. The second-order valence-electron chi connectivity index (χ2n) is 2.81. The Morgan fingerprint density at radius 1 is 1.67 bits per heavy atom. The van der Waals surface area contributed by atoms with Crippen molar-refractivity contribution >= 4 is 5.97 Å². The maximum absolute atomic E-state index is 11.1. The van der Waals surface area contributed by atoms with Crippen LogP contribution >= 0.6 is 0 Å². The summed E-state index contributed by atoms with van der Waals surface area (Å²) in [6.45, 7) is 2.38. The van der Waals surface area contributed by atoms with Crippen LogP contribution in [-0.4, -0.2) is 36.5 Å². The van der Waals surface area contributed by atoms with Crippen molar-refractivity contribution in [1.82, 2.24) is 0 Å². The third-order valence-electron chi connectivity index (χ3n) is 1.80. The molecule has 1 heterocycles. The third kappa shape index (κ3) is 2.46. The van der Waals surface area contributed by atoms with Gasteiger partial charge in [-0.2, -0.15) is 0 Å². The van der Waals surface area contributed by atoms with Gasteiger partial charge in [0.15, 0.2) is 6.10 Å². The van der Waals surface area contributed by atoms with Gasteiger partial charge in [-0.1, -0.05) is 0 Å². The first-order valence-electron chi connectivity index (χ1n) is 4.20. The van der Waals surface area contributed by atoms with Crippen molar-refractivity contribution < 1.29 is 19.4 Å². The molecule has 0 unspecified atom stereocenters. The molecule has 0 bridgehead atoms. The lowest BCUT2D eigenvalue weighted by atomic mass is 10.1. The Kier molecular flexibility index (Phi) is 3.49. The second-order valence-corrected chi connectivity index (χ2v) is 2.81. The summed E-state index contributed by atoms with van der Waals surface area (Å²) in [6, 6.07) is 0. The summed E-state index contributed by atoms with van der Waals surface area (Å²) < 4.78 is 9.85. The molecule has 4 nitrogen and oxygen atoms in total. The van der Waals surface area contributed by atoms with Crippen LogP contribution in [0.1, 0.15) is 19.8 Å². The molecule has 1 fully saturated rings. The first-order chi connectivity index (χ1) is 5.74. The Labute approximate surface area is 71.5 Å². The lowest BCUT2D eigenvalue weighted by Gasteiger charge is -2.24. The molecule has 4 heteroatoms. The van der Waals surface area contributed by atoms with E-state index in [0.717, 1.165) is 0 Å². The minimum Gasteiger partial charge on any atom is -0.464 e. The lowest BCUT2D eigenvalue weighted by molar-refractivity contribution is -0.163. The normalized spacial score (nSPS) is 29.8. The van der Waals surface area contributed by atoms with Gasteiger partial charge in [-0.05, 0) is 19.8 Å². The number of carbonyl (C=O) groups excluding carboxylic acids is 1. The first kappa shape index (κ1) is 9.48. The molecular weight excluding hydrogens is 160 g/mol. The van der Waals surface area contributed by atoms with Crippen LogP contribution in [0.3, 0.4) is 0 Å². The van der Waals surface area contributed by atoms with E-state index in [9.17, 15) is 4.79 Å². The molecule has 1 saturated heterocycles. The molecule has 0 spiro atoms. The molecule has 0 aromatic heterocycles. The fourth-order valence-corrected chi connectivity index (χ4v) is 1.16. The molecular formula is C8H14O4. The van der Waals surface area contributed by atoms with E-state index in [0.29, 0.717) is 19.4 Å². The highest BCUT2D eigenvalue weighted by atomic mass is 16.6. The van der Waals surface area contributed by atoms with Gasteiger partial charge in [0.25, 0.3) is 0 Å². The van der Waals surface area contributed by atoms with Crippen LogP contribution in [0.5, 0.6) is 0 Å². The van der Waals surface area contributed by atoms with Crippen LogP contribution in [-0.2, 0) is 14.3 Å². The Morgan fingerprint density at radius 2 is 2.42 bits per heavy atom. The van der Waals surface area contributed by atoms with Crippen molar-refractivity contribution in [3.8, 4) is 0 Å². The molecule has 1 N–H and O–H groups in total. The number of esters is 1. The zero-order valence-electron chi connectivity index (χ0n) is 7.16. The van der Waals surface area contributed by atoms with E-state index >= 15 is 0 Å². The van der Waals surface area contributed by atoms with Gasteiger partial charge in [-0.15, -0.1) is 0 Å². The van der Waals surface area contributed by atoms with E-state index in [4.69, 9.17) is 14.6 Å². The van der Waals surface area contributed by atoms with Crippen molar-refractivity contribution in [1.29, 1.82) is 0 Å². The Bertz CT molecular complexity index is 149. The first-order valence-corrected chi connectivity index (χ1v) is 4.20. The highest BCUT2D eigenvalue weighted by Gasteiger charge is 2.26. The molecule has 70 valence electrons. The van der Waals surface area contributed by atoms with Gasteiger partial charge in [0.1, 0.15) is 0 Å². The highest BCUT2D eigenvalue weighted by Crippen LogP contribution is 2.14. The van der Waals surface area contributed by atoms with Crippen LogP contribution in [0.2, 0.25) is 0 Å². The standard InChI is InChI=1S/C8H14O4/c1-2-11-8(10)7-4-3-6(9)5-12-7/h6-7,9H,2-5H2,1H3/t6-,7-/m0/s1. The van der Waals surface area contributed by atoms with Crippen molar-refractivity contribution in [2.24, 2.45) is 0 Å². The summed E-state index contributed by atoms with van der Waals surface area (Å²) in [7, 11) is 0. The molecule has 1 rings (SSSR count). The summed E-state index contributed by atoms with van der Waals surface area (Å²) >= 11 is 0. The fraction of sp³-hybridized carbons (Fsp3) is 0.875. The molecule has 0 amide bonds. The van der Waals surface area contributed by atoms with Gasteiger partial charge in [-0.25, -0.2) is 4.79 Å². The molecule has 0 aliphatic carbocycles. The average molecular weight is 174 g/mol. The van der Waals surface area contributed by atoms with Gasteiger partial charge in [-0.3, -0.25) is 0 Å². The highest BCUT2D eigenvalue weighted by molar-refractivity contribution is 5.74. The molecule has 0 saturated carbocycles. The van der Waals surface area contributed by atoms with Crippen molar-refractivity contribution in [3.05, 3.63) is 0 Å². The van der Waals surface area contributed by atoms with Crippen LogP contribution in [0.25, 0.3) is 0 Å². The SMILES string of the molecule is CCOC(=O)[C@@H]1CC[C@H](O)CO1. The molecule has 0 radical (unpaired) electrons. The molecule has 12 heavy (non-hydrogen) atoms. The van der Waals surface area contributed by atoms with E-state index in [1.165, 1.54) is 0 Å². The van der Waals surface area contributed by atoms with Crippen molar-refractivity contribution in [2.75, 3.05) is 13.2 Å². The number of aliphatic hydroxyl groups is 1. The van der Waals surface area contributed by atoms with E-state index in [1.807, 2.05) is 0 Å². The van der Waals surface area contributed by atoms with Crippen LogP contribution in [0.4, 0.5) is 0 Å². The predicted octanol–water partition coefficient (Wildman–Crippen LogP) is 0.0894. The van der Waals surface area contributed by atoms with Crippen LogP contribution in [0.15, 0.2) is 0 Å². The van der Waals surface area contributed by atoms with Crippen LogP contribution < -0.4 is 0 Å². The van der Waals surface area contributed by atoms with Gasteiger partial charge < -0.3 is 14.6 Å². The maximum Gasteiger partial charge on any atom is 0.335 e. The topological polar surface area (TPSA) is 55.8 Å². The van der Waals surface area contributed by atoms with Gasteiger partial charge in [0, 0.05) is 0 Å². The predicted molar refractivity (Wildman–Crippen MR) is 41.6 cm³/mol. The van der Waals surface area contributed by atoms with Gasteiger partial charge in [0.2, 0.25) is 0 Å². The molecule has 0 aromatic carbocycles. The monoisotopic (exact) mass is 174 g/mol. The third-order valence-corrected chi connectivity index (χ3v) is 1.80. The summed E-state index contributed by atoms with van der Waals surface area (Å²) in [5.41, 5.74) is 0. The number of carbonyl (C=O) groups is 1. The second kappa shape index (κ2) is 4.42. The smallest absolute Gasteiger partial charge is 0.335 e. The lowest BCUT2D eigenvalue weighted by Crippen LogP contribution is -2.35. The minimum atomic E-state index is -0.464. The number of hydrogen-bond acceptors (Lipinski definition) is 4. The van der Waals surface area contributed by atoms with Crippen molar-refractivity contribution in [3.63, 3.8) is 0 Å². The number of rotatable bonds is 2. The van der Waals surface area contributed by atoms with Crippen LogP contribution in [0, 0.1) is 0 Å². The quantitative estimate of drug-likeness (QED) is 0.603. The molecule has 2 atom stereocenters. The zero-order valence-corrected chi connectivity index (χ0v) is 7.16. The number of aliphatic hydroxyl groups excluding tert-OH is 1. The van der Waals surface area contributed by atoms with Gasteiger partial charge >= 0.3 is 5.97 Å². The van der Waals surface area contributed by atoms with Crippen molar-refractivity contribution in [2.45, 2.75) is 32.0 Å². The molecule has 1 aliphatic rings. The van der Waals surface area contributed by atoms with Gasteiger partial charge in [0.05, 0.1) is 19.3 Å². The zero-order chi connectivity index (χ0) is 8.97. The summed E-state index contributed by atoms with van der Waals surface area (Å²) in [5, 5.41) is 9.06. The number of ether oxygens (including phenoxy) is 2. The Balaban J connectivity index is 2.29. The van der Waals surface area contributed by atoms with E-state index in [-0.39, 0.29) is 12.6 Å². The van der Waals surface area contributed by atoms with E-state index in [2.05, 4.69) is 0 Å². The summed E-state index contributed by atoms with van der Waals surface area (Å²) in [4.78, 5) is 11.1. The van der Waals surface area contributed by atoms with E-state index < -0.39 is 12.2 Å². The maximum atomic E-state index is 11.1. The Hall–Kier alpha value is -0.610. The Morgan fingerprint density at radius 3 is 2.92 bits per heavy atom. The fourth-order valence-electron chi connectivity index (χ4n) is 1.16. The minimum absolute atomic E-state index is 0.240. The van der Waals surface area contributed by atoms with E-state index in [1.54, 1.807) is 6.92 Å². The largest absolute Gasteiger partial charge is 0.464 e. The molecule has 1 aliphatic heterocycles. The number of hydrogen-bond donors (Lipinski definition) is 1. The summed E-state index contributed by atoms with van der Waals surface area (Å²) in [6.07, 6.45) is 0.285.